The maximum Gasteiger partial charge on any atom is 0.293 e. The highest BCUT2D eigenvalue weighted by Crippen LogP contribution is 2.43. The molecule has 0 spiro atoms. The monoisotopic (exact) mass is 404 g/mol. The molecule has 5 rings (SSSR count). The van der Waals surface area contributed by atoms with E-state index < -0.39 is 12.1 Å². The molecule has 0 unspecified atom stereocenters. The molecule has 7 nitrogen and oxygen atoms in total. The van der Waals surface area contributed by atoms with Crippen LogP contribution in [0.1, 0.15) is 34.3 Å². The summed E-state index contributed by atoms with van der Waals surface area (Å²) in [5, 5.41) is 6.76. The first kappa shape index (κ1) is 18.2. The molecule has 8 heteroatoms. The number of nitrogens with zero attached hydrogens (tertiary/aromatic N) is 3. The van der Waals surface area contributed by atoms with Gasteiger partial charge in [-0.2, -0.15) is 4.98 Å². The Balaban J connectivity index is 1.36. The molecule has 1 aliphatic rings. The molecule has 1 saturated carbocycles. The highest BCUT2D eigenvalue weighted by atomic mass is 19.1. The van der Waals surface area contributed by atoms with Crippen molar-refractivity contribution < 1.29 is 18.1 Å². The van der Waals surface area contributed by atoms with Gasteiger partial charge in [0.25, 0.3) is 5.91 Å². The average Bonchev–Trinajstić information content (AvgIpc) is 3.17. The van der Waals surface area contributed by atoms with E-state index in [1.807, 2.05) is 49.4 Å². The van der Waals surface area contributed by atoms with Crippen LogP contribution < -0.4 is 5.32 Å². The average molecular weight is 404 g/mol. The summed E-state index contributed by atoms with van der Waals surface area (Å²) in [6.07, 6.45) is 0.901. The van der Waals surface area contributed by atoms with E-state index >= 15 is 0 Å². The fourth-order valence-electron chi connectivity index (χ4n) is 3.10. The van der Waals surface area contributed by atoms with Crippen molar-refractivity contribution in [1.82, 2.24) is 15.1 Å². The molecule has 0 aliphatic heterocycles. The Labute approximate surface area is 170 Å². The Hall–Kier alpha value is -3.81. The molecule has 2 aromatic carbocycles. The minimum atomic E-state index is -0.908. The second-order valence-corrected chi connectivity index (χ2v) is 7.19. The Kier molecular flexibility index (Phi) is 4.39. The van der Waals surface area contributed by atoms with Crippen molar-refractivity contribution in [3.63, 3.8) is 0 Å². The van der Waals surface area contributed by atoms with Gasteiger partial charge in [0.2, 0.25) is 23.4 Å². The lowest BCUT2D eigenvalue weighted by Gasteiger charge is -2.08. The summed E-state index contributed by atoms with van der Waals surface area (Å²) in [5.41, 5.74) is 2.87. The second-order valence-electron chi connectivity index (χ2n) is 7.19. The van der Waals surface area contributed by atoms with Gasteiger partial charge in [-0.15, -0.1) is 0 Å². The van der Waals surface area contributed by atoms with Crippen molar-refractivity contribution in [1.29, 1.82) is 0 Å². The van der Waals surface area contributed by atoms with Crippen LogP contribution in [-0.2, 0) is 0 Å². The molecule has 1 N–H and O–H groups in total. The van der Waals surface area contributed by atoms with Gasteiger partial charge in [0.15, 0.2) is 0 Å². The van der Waals surface area contributed by atoms with Gasteiger partial charge >= 0.3 is 0 Å². The molecule has 0 saturated heterocycles. The third kappa shape index (κ3) is 3.47. The van der Waals surface area contributed by atoms with Crippen molar-refractivity contribution in [3.8, 4) is 22.8 Å². The zero-order chi connectivity index (χ0) is 20.7. The number of aromatic nitrogens is 3. The third-order valence-corrected chi connectivity index (χ3v) is 4.97. The number of amides is 1. The van der Waals surface area contributed by atoms with E-state index in [0.717, 1.165) is 11.1 Å². The summed E-state index contributed by atoms with van der Waals surface area (Å²) >= 11 is 0. The molecule has 0 radical (unpaired) electrons. The molecule has 2 heterocycles. The topological polar surface area (TPSA) is 94.1 Å². The van der Waals surface area contributed by atoms with Crippen molar-refractivity contribution in [2.45, 2.75) is 25.4 Å². The van der Waals surface area contributed by atoms with Crippen LogP contribution in [0.3, 0.4) is 0 Å². The van der Waals surface area contributed by atoms with E-state index in [1.165, 1.54) is 6.20 Å². The standard InChI is InChI=1S/C22H17FN4O3/c1-12-7-8-14(19-26-22(30-27-19)15-10-16(15)23)9-17(12)25-20(28)18-11-24-21(29-18)13-5-3-2-4-6-13/h2-9,11,15-16H,10H2,1H3,(H,25,28)/t15-,16-/m0/s1. The number of hydrogen-bond donors (Lipinski definition) is 1. The highest BCUT2D eigenvalue weighted by molar-refractivity contribution is 6.03. The lowest BCUT2D eigenvalue weighted by Crippen LogP contribution is -2.12. The Bertz CT molecular complexity index is 1220. The predicted octanol–water partition coefficient (Wildman–Crippen LogP) is 4.78. The molecule has 1 fully saturated rings. The van der Waals surface area contributed by atoms with Crippen LogP contribution in [0.2, 0.25) is 0 Å². The molecule has 30 heavy (non-hydrogen) atoms. The number of halogens is 1. The normalized spacial score (nSPS) is 17.7. The molecule has 0 bridgehead atoms. The summed E-state index contributed by atoms with van der Waals surface area (Å²) in [4.78, 5) is 21.1. The zero-order valence-corrected chi connectivity index (χ0v) is 16.0. The molecule has 4 aromatic rings. The van der Waals surface area contributed by atoms with Crippen LogP contribution in [0.25, 0.3) is 22.8 Å². The van der Waals surface area contributed by atoms with Crippen molar-refractivity contribution in [2.24, 2.45) is 0 Å². The molecule has 2 atom stereocenters. The predicted molar refractivity (Wildman–Crippen MR) is 107 cm³/mol. The van der Waals surface area contributed by atoms with Crippen LogP contribution in [-0.4, -0.2) is 27.2 Å². The van der Waals surface area contributed by atoms with E-state index in [9.17, 15) is 9.18 Å². The number of anilines is 1. The van der Waals surface area contributed by atoms with Gasteiger partial charge in [-0.05, 0) is 37.1 Å². The van der Waals surface area contributed by atoms with E-state index in [-0.39, 0.29) is 11.7 Å². The lowest BCUT2D eigenvalue weighted by atomic mass is 10.1. The minimum absolute atomic E-state index is 0.100. The minimum Gasteiger partial charge on any atom is -0.431 e. The van der Waals surface area contributed by atoms with Crippen molar-refractivity contribution in [3.05, 3.63) is 71.9 Å². The summed E-state index contributed by atoms with van der Waals surface area (Å²) < 4.78 is 24.0. The van der Waals surface area contributed by atoms with E-state index in [0.29, 0.717) is 35.3 Å². The Morgan fingerprint density at radius 3 is 2.73 bits per heavy atom. The van der Waals surface area contributed by atoms with Crippen LogP contribution >= 0.6 is 0 Å². The first-order valence-corrected chi connectivity index (χ1v) is 9.50. The van der Waals surface area contributed by atoms with Gasteiger partial charge in [0.1, 0.15) is 6.17 Å². The SMILES string of the molecule is Cc1ccc(-c2noc([C@H]3C[C@@H]3F)n2)cc1NC(=O)c1cnc(-c2ccccc2)o1. The lowest BCUT2D eigenvalue weighted by molar-refractivity contribution is 0.0997. The summed E-state index contributed by atoms with van der Waals surface area (Å²) in [7, 11) is 0. The Morgan fingerprint density at radius 2 is 1.97 bits per heavy atom. The number of aryl methyl sites for hydroxylation is 1. The number of benzene rings is 2. The quantitative estimate of drug-likeness (QED) is 0.515. The number of nitrogens with one attached hydrogen (secondary N) is 1. The maximum atomic E-state index is 13.2. The maximum absolute atomic E-state index is 13.2. The van der Waals surface area contributed by atoms with Crippen molar-refractivity contribution >= 4 is 11.6 Å². The summed E-state index contributed by atoms with van der Waals surface area (Å²) in [5.74, 6) is 0.405. The molecular formula is C22H17FN4O3. The molecule has 150 valence electrons. The first-order valence-electron chi connectivity index (χ1n) is 9.50. The molecule has 1 amide bonds. The smallest absolute Gasteiger partial charge is 0.293 e. The van der Waals surface area contributed by atoms with Crippen LogP contribution in [0.4, 0.5) is 10.1 Å². The van der Waals surface area contributed by atoms with E-state index in [4.69, 9.17) is 8.94 Å². The fraction of sp³-hybridized carbons (Fsp3) is 0.182. The number of carbonyl (C=O) groups excluding carboxylic acids is 1. The van der Waals surface area contributed by atoms with Gasteiger partial charge in [-0.1, -0.05) is 35.5 Å². The largest absolute Gasteiger partial charge is 0.431 e. The van der Waals surface area contributed by atoms with Crippen LogP contribution in [0.15, 0.2) is 63.7 Å². The van der Waals surface area contributed by atoms with Crippen molar-refractivity contribution in [2.75, 3.05) is 5.32 Å². The van der Waals surface area contributed by atoms with E-state index in [2.05, 4.69) is 20.4 Å². The van der Waals surface area contributed by atoms with Crippen LogP contribution in [0, 0.1) is 6.92 Å². The van der Waals surface area contributed by atoms with Gasteiger partial charge < -0.3 is 14.3 Å². The number of oxazole rings is 1. The third-order valence-electron chi connectivity index (χ3n) is 4.97. The number of rotatable bonds is 5. The van der Waals surface area contributed by atoms with Gasteiger partial charge in [-0.3, -0.25) is 4.79 Å². The second kappa shape index (κ2) is 7.22. The number of hydrogen-bond acceptors (Lipinski definition) is 6. The zero-order valence-electron chi connectivity index (χ0n) is 16.0. The van der Waals surface area contributed by atoms with E-state index in [1.54, 1.807) is 6.07 Å². The summed E-state index contributed by atoms with van der Waals surface area (Å²) in [6.45, 7) is 1.87. The molecule has 2 aromatic heterocycles. The van der Waals surface area contributed by atoms with Gasteiger partial charge in [0.05, 0.1) is 12.1 Å². The van der Waals surface area contributed by atoms with Gasteiger partial charge in [-0.25, -0.2) is 9.37 Å². The molecular weight excluding hydrogens is 387 g/mol. The summed E-state index contributed by atoms with van der Waals surface area (Å²) in [6, 6.07) is 14.7. The number of carbonyl (C=O) groups is 1. The van der Waals surface area contributed by atoms with Gasteiger partial charge in [0, 0.05) is 16.8 Å². The fourth-order valence-corrected chi connectivity index (χ4v) is 3.10. The first-order chi connectivity index (χ1) is 14.6. The Morgan fingerprint density at radius 1 is 1.17 bits per heavy atom. The number of alkyl halides is 1. The highest BCUT2D eigenvalue weighted by Gasteiger charge is 2.43. The molecule has 1 aliphatic carbocycles. The van der Waals surface area contributed by atoms with Crippen LogP contribution in [0.5, 0.6) is 0 Å².